The number of hydrogen-bond acceptors (Lipinski definition) is 5. The Balaban J connectivity index is 2.11. The second-order valence-electron chi connectivity index (χ2n) is 4.23. The summed E-state index contributed by atoms with van der Waals surface area (Å²) in [7, 11) is 1.29. The molecule has 0 aliphatic heterocycles. The van der Waals surface area contributed by atoms with Gasteiger partial charge in [-0.25, -0.2) is 9.78 Å². The quantitative estimate of drug-likeness (QED) is 0.716. The minimum atomic E-state index is -0.560. The summed E-state index contributed by atoms with van der Waals surface area (Å²) in [5, 5.41) is 0.984. The lowest BCUT2D eigenvalue weighted by Crippen LogP contribution is -2.07. The van der Waals surface area contributed by atoms with E-state index in [-0.39, 0.29) is 11.5 Å². The van der Waals surface area contributed by atoms with Crippen molar-refractivity contribution in [2.24, 2.45) is 0 Å². The average Bonchev–Trinajstić information content (AvgIpc) is 2.87. The van der Waals surface area contributed by atoms with Crippen molar-refractivity contribution in [2.75, 3.05) is 12.8 Å². The van der Waals surface area contributed by atoms with E-state index >= 15 is 0 Å². The summed E-state index contributed by atoms with van der Waals surface area (Å²) in [4.78, 5) is 19.8. The lowest BCUT2D eigenvalue weighted by atomic mass is 10.2. The van der Waals surface area contributed by atoms with E-state index in [9.17, 15) is 4.79 Å². The van der Waals surface area contributed by atoms with Gasteiger partial charge in [-0.1, -0.05) is 18.2 Å². The monoisotopic (exact) mass is 268 g/mol. The van der Waals surface area contributed by atoms with Gasteiger partial charge in [0.25, 0.3) is 0 Å². The van der Waals surface area contributed by atoms with Gasteiger partial charge < -0.3 is 10.5 Å². The molecular weight excluding hydrogens is 256 g/mol. The van der Waals surface area contributed by atoms with Crippen LogP contribution in [0.5, 0.6) is 0 Å². The molecule has 0 fully saturated rings. The molecule has 6 heteroatoms. The Kier molecular flexibility index (Phi) is 2.83. The molecule has 2 aromatic heterocycles. The Labute approximate surface area is 114 Å². The van der Waals surface area contributed by atoms with Crippen LogP contribution in [0, 0.1) is 0 Å². The Hall–Kier alpha value is -2.89. The van der Waals surface area contributed by atoms with Gasteiger partial charge in [0, 0.05) is 5.39 Å². The number of para-hydroxylation sites is 1. The number of nitrogens with zero attached hydrogens (tertiary/aromatic N) is 3. The van der Waals surface area contributed by atoms with E-state index in [1.54, 1.807) is 10.8 Å². The van der Waals surface area contributed by atoms with Crippen molar-refractivity contribution in [1.29, 1.82) is 0 Å². The number of carbonyl (C=O) groups excluding carboxylic acids is 1. The van der Waals surface area contributed by atoms with Crippen LogP contribution in [0.15, 0.2) is 42.9 Å². The summed E-state index contributed by atoms with van der Waals surface area (Å²) < 4.78 is 6.23. The van der Waals surface area contributed by atoms with Crippen LogP contribution in [0.3, 0.4) is 0 Å². The highest BCUT2D eigenvalue weighted by molar-refractivity contribution is 5.92. The molecule has 100 valence electrons. The molecule has 20 heavy (non-hydrogen) atoms. The minimum Gasteiger partial charge on any atom is -0.464 e. The number of aromatic nitrogens is 3. The third-order valence-electron chi connectivity index (χ3n) is 3.04. The number of nitrogens with two attached hydrogens (primary N) is 1. The molecule has 0 radical (unpaired) electrons. The van der Waals surface area contributed by atoms with Crippen LogP contribution in [0.1, 0.15) is 10.5 Å². The zero-order valence-electron chi connectivity index (χ0n) is 10.8. The van der Waals surface area contributed by atoms with Crippen LogP contribution in [0.4, 0.5) is 5.82 Å². The second kappa shape index (κ2) is 4.65. The van der Waals surface area contributed by atoms with Crippen LogP contribution < -0.4 is 5.73 Å². The molecule has 3 aromatic rings. The first kappa shape index (κ1) is 12.2. The zero-order chi connectivity index (χ0) is 14.1. The van der Waals surface area contributed by atoms with Gasteiger partial charge in [-0.2, -0.15) is 0 Å². The van der Waals surface area contributed by atoms with Gasteiger partial charge in [0.2, 0.25) is 0 Å². The summed E-state index contributed by atoms with van der Waals surface area (Å²) in [6.07, 6.45) is 3.16. The minimum absolute atomic E-state index is 0.0978. The number of hydrogen-bond donors (Lipinski definition) is 1. The van der Waals surface area contributed by atoms with Gasteiger partial charge in [0.15, 0.2) is 5.69 Å². The highest BCUT2D eigenvalue weighted by atomic mass is 16.5. The van der Waals surface area contributed by atoms with E-state index in [1.165, 1.54) is 13.4 Å². The number of carbonyl (C=O) groups is 1. The number of methoxy groups -OCH3 is 1. The van der Waals surface area contributed by atoms with Gasteiger partial charge in [-0.15, -0.1) is 0 Å². The molecule has 1 aromatic carbocycles. The summed E-state index contributed by atoms with van der Waals surface area (Å²) in [6.45, 7) is 0. The van der Waals surface area contributed by atoms with E-state index in [4.69, 9.17) is 5.73 Å². The largest absolute Gasteiger partial charge is 0.464 e. The van der Waals surface area contributed by atoms with Gasteiger partial charge in [-0.3, -0.25) is 9.55 Å². The van der Waals surface area contributed by atoms with E-state index < -0.39 is 5.97 Å². The lowest BCUT2D eigenvalue weighted by Gasteiger charge is -2.06. The van der Waals surface area contributed by atoms with E-state index in [2.05, 4.69) is 14.7 Å². The van der Waals surface area contributed by atoms with Crippen molar-refractivity contribution < 1.29 is 9.53 Å². The number of benzene rings is 1. The van der Waals surface area contributed by atoms with Gasteiger partial charge in [-0.05, 0) is 12.1 Å². The molecule has 0 saturated heterocycles. The number of nitrogen functional groups attached to an aromatic ring is 1. The Morgan fingerprint density at radius 3 is 2.90 bits per heavy atom. The molecule has 0 bridgehead atoms. The maximum absolute atomic E-state index is 11.5. The topological polar surface area (TPSA) is 83.0 Å². The molecule has 0 aliphatic carbocycles. The number of ether oxygens (including phenoxy) is 1. The number of esters is 1. The fraction of sp³-hybridized carbons (Fsp3) is 0.0714. The summed E-state index contributed by atoms with van der Waals surface area (Å²) >= 11 is 0. The normalized spacial score (nSPS) is 10.7. The zero-order valence-corrected chi connectivity index (χ0v) is 10.8. The number of anilines is 1. The standard InChI is InChI=1S/C14H12N4O2/c1-20-14(19)12-13(15)18(8-17-12)10-6-9-4-2-3-5-11(9)16-7-10/h2-8H,15H2,1H3. The summed E-state index contributed by atoms with van der Waals surface area (Å²) in [6, 6.07) is 9.68. The molecule has 3 rings (SSSR count). The Morgan fingerprint density at radius 1 is 1.30 bits per heavy atom. The molecule has 0 atom stereocenters. The van der Waals surface area contributed by atoms with Gasteiger partial charge in [0.05, 0.1) is 24.5 Å². The number of rotatable bonds is 2. The molecule has 0 amide bonds. The fourth-order valence-electron chi connectivity index (χ4n) is 2.01. The maximum atomic E-state index is 11.5. The molecule has 2 heterocycles. The Morgan fingerprint density at radius 2 is 2.10 bits per heavy atom. The van der Waals surface area contributed by atoms with Crippen molar-refractivity contribution in [3.8, 4) is 5.69 Å². The van der Waals surface area contributed by atoms with Crippen molar-refractivity contribution in [1.82, 2.24) is 14.5 Å². The Bertz CT molecular complexity index is 795. The highest BCUT2D eigenvalue weighted by Gasteiger charge is 2.17. The van der Waals surface area contributed by atoms with Crippen molar-refractivity contribution in [3.05, 3.63) is 48.5 Å². The van der Waals surface area contributed by atoms with Gasteiger partial charge >= 0.3 is 5.97 Å². The first-order valence-electron chi connectivity index (χ1n) is 5.97. The van der Waals surface area contributed by atoms with E-state index in [0.717, 1.165) is 16.6 Å². The smallest absolute Gasteiger partial charge is 0.360 e. The van der Waals surface area contributed by atoms with Crippen LogP contribution in [0.25, 0.3) is 16.6 Å². The van der Waals surface area contributed by atoms with Crippen molar-refractivity contribution >= 4 is 22.7 Å². The van der Waals surface area contributed by atoms with Crippen molar-refractivity contribution in [2.45, 2.75) is 0 Å². The van der Waals surface area contributed by atoms with E-state index in [1.807, 2.05) is 30.3 Å². The molecule has 0 aliphatic rings. The molecule has 2 N–H and O–H groups in total. The predicted molar refractivity (Wildman–Crippen MR) is 74.6 cm³/mol. The SMILES string of the molecule is COC(=O)c1ncn(-c2cnc3ccccc3c2)c1N. The van der Waals surface area contributed by atoms with E-state index in [0.29, 0.717) is 0 Å². The molecule has 0 spiro atoms. The molecular formula is C14H12N4O2. The molecule has 6 nitrogen and oxygen atoms in total. The van der Waals surface area contributed by atoms with Crippen LogP contribution in [-0.2, 0) is 4.74 Å². The van der Waals surface area contributed by atoms with Crippen LogP contribution in [0.2, 0.25) is 0 Å². The third kappa shape index (κ3) is 1.87. The predicted octanol–water partition coefficient (Wildman–Crippen LogP) is 1.79. The fourth-order valence-corrected chi connectivity index (χ4v) is 2.01. The van der Waals surface area contributed by atoms with Crippen LogP contribution in [-0.4, -0.2) is 27.6 Å². The average molecular weight is 268 g/mol. The summed E-state index contributed by atoms with van der Waals surface area (Å²) in [5.41, 5.74) is 7.66. The number of pyridine rings is 1. The van der Waals surface area contributed by atoms with Crippen molar-refractivity contribution in [3.63, 3.8) is 0 Å². The first-order valence-corrected chi connectivity index (χ1v) is 5.97. The number of fused-ring (bicyclic) bond motifs is 1. The third-order valence-corrected chi connectivity index (χ3v) is 3.04. The summed E-state index contributed by atoms with van der Waals surface area (Å²) in [5.74, 6) is -0.330. The maximum Gasteiger partial charge on any atom is 0.360 e. The molecule has 0 saturated carbocycles. The first-order chi connectivity index (χ1) is 9.70. The highest BCUT2D eigenvalue weighted by Crippen LogP contribution is 2.20. The van der Waals surface area contributed by atoms with Gasteiger partial charge in [0.1, 0.15) is 12.1 Å². The number of imidazole rings is 1. The molecule has 0 unspecified atom stereocenters. The lowest BCUT2D eigenvalue weighted by molar-refractivity contribution is 0.0596. The van der Waals surface area contributed by atoms with Crippen LogP contribution >= 0.6 is 0 Å². The second-order valence-corrected chi connectivity index (χ2v) is 4.23.